The van der Waals surface area contributed by atoms with Crippen LogP contribution in [0.5, 0.6) is 17.2 Å². The number of carbonyl (C=O) groups is 2. The van der Waals surface area contributed by atoms with E-state index in [1.165, 1.54) is 18.2 Å². The highest BCUT2D eigenvalue weighted by Crippen LogP contribution is 2.32. The summed E-state index contributed by atoms with van der Waals surface area (Å²) in [5.41, 5.74) is -0.799. The molecule has 3 N–H and O–H groups in total. The number of para-hydroxylation sites is 1. The lowest BCUT2D eigenvalue weighted by atomic mass is 10.1. The molecule has 4 rings (SSSR count). The molecule has 14 heteroatoms. The van der Waals surface area contributed by atoms with Crippen LogP contribution in [-0.4, -0.2) is 124 Å². The molecule has 0 spiro atoms. The molecule has 2 aromatic carbocycles. The Morgan fingerprint density at radius 2 is 1.24 bits per heavy atom. The lowest BCUT2D eigenvalue weighted by Crippen LogP contribution is -2.38. The van der Waals surface area contributed by atoms with Crippen molar-refractivity contribution < 1.29 is 52.3 Å². The molecule has 2 aromatic rings. The minimum absolute atomic E-state index is 0.0346. The molecule has 0 aliphatic carbocycles. The molecule has 2 saturated heterocycles. The van der Waals surface area contributed by atoms with Gasteiger partial charge in [0.25, 0.3) is 0 Å². The van der Waals surface area contributed by atoms with Gasteiger partial charge in [0.2, 0.25) is 0 Å². The van der Waals surface area contributed by atoms with E-state index >= 15 is 0 Å². The lowest BCUT2D eigenvalue weighted by molar-refractivity contribution is 0.0189. The summed E-state index contributed by atoms with van der Waals surface area (Å²) >= 11 is 0. The SMILES string of the molecule is O=C(OCCN1CCOCC1)c1cccc(CS(=O)(=O)Cc2cc(O)cc(C(=O)OCCN3CCOCC3)c2O)c1O. The summed E-state index contributed by atoms with van der Waals surface area (Å²) in [6, 6.07) is 6.17. The van der Waals surface area contributed by atoms with E-state index in [1.807, 2.05) is 4.90 Å². The average molecular weight is 609 g/mol. The molecular formula is C28H36N2O11S. The van der Waals surface area contributed by atoms with Gasteiger partial charge in [-0.2, -0.15) is 0 Å². The molecule has 0 bridgehead atoms. The van der Waals surface area contributed by atoms with Crippen molar-refractivity contribution in [1.82, 2.24) is 9.80 Å². The van der Waals surface area contributed by atoms with Gasteiger partial charge < -0.3 is 34.3 Å². The molecule has 0 aromatic heterocycles. The zero-order chi connectivity index (χ0) is 30.1. The van der Waals surface area contributed by atoms with E-state index < -0.39 is 50.5 Å². The fraction of sp³-hybridized carbons (Fsp3) is 0.500. The van der Waals surface area contributed by atoms with Crippen LogP contribution in [0.15, 0.2) is 30.3 Å². The normalized spacial score (nSPS) is 16.7. The average Bonchev–Trinajstić information content (AvgIpc) is 2.96. The van der Waals surface area contributed by atoms with Gasteiger partial charge in [-0.25, -0.2) is 18.0 Å². The first-order valence-corrected chi connectivity index (χ1v) is 15.5. The predicted octanol–water partition coefficient (Wildman–Crippen LogP) is 0.896. The zero-order valence-corrected chi connectivity index (χ0v) is 24.0. The fourth-order valence-corrected chi connectivity index (χ4v) is 6.18. The summed E-state index contributed by atoms with van der Waals surface area (Å²) in [4.78, 5) is 29.3. The van der Waals surface area contributed by atoms with E-state index in [2.05, 4.69) is 4.90 Å². The third kappa shape index (κ3) is 8.79. The molecule has 0 atom stereocenters. The second kappa shape index (κ2) is 14.6. The number of hydrogen-bond donors (Lipinski definition) is 3. The minimum Gasteiger partial charge on any atom is -0.508 e. The predicted molar refractivity (Wildman–Crippen MR) is 149 cm³/mol. The summed E-state index contributed by atoms with van der Waals surface area (Å²) < 4.78 is 47.2. The van der Waals surface area contributed by atoms with Crippen molar-refractivity contribution in [2.24, 2.45) is 0 Å². The summed E-state index contributed by atoms with van der Waals surface area (Å²) in [6.07, 6.45) is 0. The molecule has 0 radical (unpaired) electrons. The number of nitrogens with zero attached hydrogens (tertiary/aromatic N) is 2. The largest absolute Gasteiger partial charge is 0.508 e. The molecule has 0 unspecified atom stereocenters. The molecule has 2 heterocycles. The molecule has 2 aliphatic rings. The van der Waals surface area contributed by atoms with Crippen LogP contribution in [0.25, 0.3) is 0 Å². The third-order valence-electron chi connectivity index (χ3n) is 6.97. The highest BCUT2D eigenvalue weighted by Gasteiger charge is 2.25. The summed E-state index contributed by atoms with van der Waals surface area (Å²) in [5, 5.41) is 31.5. The second-order valence-corrected chi connectivity index (χ2v) is 12.1. The number of hydrogen-bond acceptors (Lipinski definition) is 13. The molecule has 2 aliphatic heterocycles. The first-order valence-electron chi connectivity index (χ1n) is 13.6. The number of rotatable bonds is 12. The van der Waals surface area contributed by atoms with Crippen molar-refractivity contribution in [3.05, 3.63) is 52.6 Å². The van der Waals surface area contributed by atoms with Gasteiger partial charge in [-0.05, 0) is 18.2 Å². The Morgan fingerprint density at radius 1 is 0.738 bits per heavy atom. The topological polar surface area (TPSA) is 172 Å². The summed E-state index contributed by atoms with van der Waals surface area (Å²) in [7, 11) is -4.07. The smallest absolute Gasteiger partial charge is 0.342 e. The Morgan fingerprint density at radius 3 is 1.81 bits per heavy atom. The Kier molecular flexibility index (Phi) is 11.0. The van der Waals surface area contributed by atoms with Gasteiger partial charge in [0.1, 0.15) is 41.6 Å². The van der Waals surface area contributed by atoms with Crippen LogP contribution in [0.2, 0.25) is 0 Å². The van der Waals surface area contributed by atoms with Gasteiger partial charge in [-0.1, -0.05) is 12.1 Å². The lowest BCUT2D eigenvalue weighted by Gasteiger charge is -2.26. The fourth-order valence-electron chi connectivity index (χ4n) is 4.68. The van der Waals surface area contributed by atoms with Crippen LogP contribution < -0.4 is 0 Å². The number of benzene rings is 2. The van der Waals surface area contributed by atoms with Crippen molar-refractivity contribution in [3.63, 3.8) is 0 Å². The van der Waals surface area contributed by atoms with Gasteiger partial charge in [0, 0.05) is 50.4 Å². The maximum atomic E-state index is 13.1. The first-order chi connectivity index (χ1) is 20.1. The molecule has 0 amide bonds. The number of morpholine rings is 2. The molecule has 13 nitrogen and oxygen atoms in total. The number of sulfone groups is 1. The Balaban J connectivity index is 1.38. The van der Waals surface area contributed by atoms with E-state index in [0.29, 0.717) is 52.6 Å². The van der Waals surface area contributed by atoms with E-state index in [0.717, 1.165) is 25.2 Å². The standard InChI is InChI=1S/C28H36N2O11S/c31-22-16-21(26(33)24(17-22)28(35)41-15-9-30-6-12-39-13-7-30)19-42(36,37)18-20-2-1-3-23(25(20)32)27(34)40-14-8-29-4-10-38-11-5-29/h1-3,16-17,31-33H,4-15,18-19H2. The number of phenols is 3. The Bertz CT molecular complexity index is 1350. The maximum Gasteiger partial charge on any atom is 0.342 e. The summed E-state index contributed by atoms with van der Waals surface area (Å²) in [6.45, 7) is 6.31. The quantitative estimate of drug-likeness (QED) is 0.229. The van der Waals surface area contributed by atoms with Gasteiger partial charge in [-0.15, -0.1) is 0 Å². The van der Waals surface area contributed by atoms with Gasteiger partial charge in [0.05, 0.1) is 37.9 Å². The van der Waals surface area contributed by atoms with Crippen molar-refractivity contribution in [2.45, 2.75) is 11.5 Å². The molecule has 230 valence electrons. The molecule has 0 saturated carbocycles. The van der Waals surface area contributed by atoms with Crippen LogP contribution in [0.4, 0.5) is 0 Å². The zero-order valence-electron chi connectivity index (χ0n) is 23.2. The number of carbonyl (C=O) groups excluding carboxylic acids is 2. The third-order valence-corrected chi connectivity index (χ3v) is 8.47. The van der Waals surface area contributed by atoms with Crippen LogP contribution in [0.3, 0.4) is 0 Å². The van der Waals surface area contributed by atoms with Crippen LogP contribution >= 0.6 is 0 Å². The van der Waals surface area contributed by atoms with Crippen LogP contribution in [0, 0.1) is 0 Å². The van der Waals surface area contributed by atoms with E-state index in [9.17, 15) is 33.3 Å². The van der Waals surface area contributed by atoms with Crippen molar-refractivity contribution >= 4 is 21.8 Å². The van der Waals surface area contributed by atoms with Gasteiger partial charge in [0.15, 0.2) is 9.84 Å². The molecule has 42 heavy (non-hydrogen) atoms. The van der Waals surface area contributed by atoms with Crippen LogP contribution in [-0.2, 0) is 40.3 Å². The van der Waals surface area contributed by atoms with E-state index in [1.54, 1.807) is 0 Å². The number of esters is 2. The Hall–Kier alpha value is -3.43. The van der Waals surface area contributed by atoms with Gasteiger partial charge >= 0.3 is 11.9 Å². The minimum atomic E-state index is -4.07. The highest BCUT2D eigenvalue weighted by molar-refractivity contribution is 7.89. The second-order valence-electron chi connectivity index (χ2n) is 10.0. The number of aromatic hydroxyl groups is 3. The molecular weight excluding hydrogens is 572 g/mol. The maximum absolute atomic E-state index is 13.1. The van der Waals surface area contributed by atoms with E-state index in [-0.39, 0.29) is 35.5 Å². The first kappa shape index (κ1) is 31.5. The number of phenolic OH excluding ortho intramolecular Hbond substituents is 3. The van der Waals surface area contributed by atoms with Gasteiger partial charge in [-0.3, -0.25) is 9.80 Å². The van der Waals surface area contributed by atoms with E-state index in [4.69, 9.17) is 18.9 Å². The van der Waals surface area contributed by atoms with Crippen molar-refractivity contribution in [3.8, 4) is 17.2 Å². The Labute approximate surface area is 244 Å². The highest BCUT2D eigenvalue weighted by atomic mass is 32.2. The molecule has 2 fully saturated rings. The van der Waals surface area contributed by atoms with Crippen molar-refractivity contribution in [1.29, 1.82) is 0 Å². The summed E-state index contributed by atoms with van der Waals surface area (Å²) in [5.74, 6) is -4.72. The monoisotopic (exact) mass is 608 g/mol. The number of ether oxygens (including phenoxy) is 4. The van der Waals surface area contributed by atoms with Crippen molar-refractivity contribution in [2.75, 3.05) is 78.9 Å². The van der Waals surface area contributed by atoms with Crippen LogP contribution in [0.1, 0.15) is 31.8 Å².